The van der Waals surface area contributed by atoms with Gasteiger partial charge in [0, 0.05) is 28.8 Å². The van der Waals surface area contributed by atoms with Gasteiger partial charge in [0.25, 0.3) is 0 Å². The number of carbonyl (C=O) groups is 1. The maximum atomic E-state index is 11.4. The number of nitrogen functional groups attached to an aromatic ring is 1. The summed E-state index contributed by atoms with van der Waals surface area (Å²) in [6.07, 6.45) is 6.52. The summed E-state index contributed by atoms with van der Waals surface area (Å²) in [5.74, 6) is -0.529. The first-order chi connectivity index (χ1) is 17.1. The number of fused-ring (bicyclic) bond motifs is 2. The molecule has 0 saturated heterocycles. The molecule has 3 heterocycles. The van der Waals surface area contributed by atoms with E-state index in [9.17, 15) is 9.90 Å². The molecule has 1 aliphatic rings. The average Bonchev–Trinajstić information content (AvgIpc) is 3.30. The van der Waals surface area contributed by atoms with Gasteiger partial charge in [-0.1, -0.05) is 48.5 Å². The highest BCUT2D eigenvalue weighted by molar-refractivity contribution is 6.02. The quantitative estimate of drug-likeness (QED) is 0.353. The van der Waals surface area contributed by atoms with Gasteiger partial charge >= 0.3 is 5.97 Å². The molecule has 1 fully saturated rings. The number of aliphatic carboxylic acids is 1. The smallest absolute Gasteiger partial charge is 0.306 e. The Balaban J connectivity index is 1.44. The normalized spacial score (nSPS) is 18.2. The van der Waals surface area contributed by atoms with E-state index in [0.29, 0.717) is 18.7 Å². The van der Waals surface area contributed by atoms with Crippen molar-refractivity contribution in [2.75, 3.05) is 5.73 Å². The number of hydrogen-bond acceptors (Lipinski definition) is 5. The van der Waals surface area contributed by atoms with Gasteiger partial charge in [-0.25, -0.2) is 15.0 Å². The number of nitrogens with two attached hydrogens (primary N) is 1. The third-order valence-electron chi connectivity index (χ3n) is 7.15. The van der Waals surface area contributed by atoms with Crippen LogP contribution in [-0.2, 0) is 4.79 Å². The molecule has 6 rings (SSSR count). The average molecular weight is 464 g/mol. The van der Waals surface area contributed by atoms with Crippen LogP contribution in [0, 0.1) is 5.92 Å². The molecule has 0 radical (unpaired) electrons. The van der Waals surface area contributed by atoms with Crippen LogP contribution in [0.1, 0.15) is 31.7 Å². The fourth-order valence-electron chi connectivity index (χ4n) is 5.26. The number of benzene rings is 2. The van der Waals surface area contributed by atoms with E-state index in [1.54, 1.807) is 0 Å². The lowest BCUT2D eigenvalue weighted by Gasteiger charge is -2.27. The van der Waals surface area contributed by atoms with Crippen LogP contribution >= 0.6 is 0 Å². The third kappa shape index (κ3) is 3.79. The summed E-state index contributed by atoms with van der Waals surface area (Å²) in [6.45, 7) is 0. The SMILES string of the molecule is Nc1ncnc2c1c(-c1ccc3ccc(-c4ccccc4)nc3c1)cn2C1CCC(C(=O)O)CC1. The summed E-state index contributed by atoms with van der Waals surface area (Å²) >= 11 is 0. The lowest BCUT2D eigenvalue weighted by Crippen LogP contribution is -2.23. The Bertz CT molecular complexity index is 1550. The number of carboxylic acid groups (broad SMARTS) is 1. The van der Waals surface area contributed by atoms with Gasteiger partial charge in [-0.2, -0.15) is 0 Å². The van der Waals surface area contributed by atoms with Gasteiger partial charge in [0.05, 0.1) is 22.5 Å². The largest absolute Gasteiger partial charge is 0.481 e. The molecule has 0 spiro atoms. The first-order valence-electron chi connectivity index (χ1n) is 11.9. The molecule has 0 bridgehead atoms. The molecule has 0 unspecified atom stereocenters. The van der Waals surface area contributed by atoms with Crippen molar-refractivity contribution < 1.29 is 9.90 Å². The number of anilines is 1. The maximum Gasteiger partial charge on any atom is 0.306 e. The summed E-state index contributed by atoms with van der Waals surface area (Å²) in [6, 6.07) is 20.7. The zero-order chi connectivity index (χ0) is 23.9. The molecule has 1 saturated carbocycles. The van der Waals surface area contributed by atoms with Crippen molar-refractivity contribution in [3.8, 4) is 22.4 Å². The van der Waals surface area contributed by atoms with E-state index in [1.165, 1.54) is 6.33 Å². The highest BCUT2D eigenvalue weighted by Crippen LogP contribution is 2.40. The van der Waals surface area contributed by atoms with E-state index >= 15 is 0 Å². The van der Waals surface area contributed by atoms with E-state index < -0.39 is 5.97 Å². The lowest BCUT2D eigenvalue weighted by atomic mass is 9.86. The Morgan fingerprint density at radius 3 is 2.49 bits per heavy atom. The second-order valence-electron chi connectivity index (χ2n) is 9.22. The third-order valence-corrected chi connectivity index (χ3v) is 7.15. The Morgan fingerprint density at radius 2 is 1.71 bits per heavy atom. The maximum absolute atomic E-state index is 11.4. The second-order valence-corrected chi connectivity index (χ2v) is 9.22. The molecule has 5 aromatic rings. The highest BCUT2D eigenvalue weighted by atomic mass is 16.4. The van der Waals surface area contributed by atoms with E-state index in [2.05, 4.69) is 57.1 Å². The molecule has 3 aromatic heterocycles. The van der Waals surface area contributed by atoms with Gasteiger partial charge in [0.2, 0.25) is 0 Å². The van der Waals surface area contributed by atoms with Crippen molar-refractivity contribution in [3.63, 3.8) is 0 Å². The predicted octanol–water partition coefficient (Wildman–Crippen LogP) is 5.71. The topological polar surface area (TPSA) is 107 Å². The van der Waals surface area contributed by atoms with Crippen LogP contribution in [0.2, 0.25) is 0 Å². The van der Waals surface area contributed by atoms with Crippen molar-refractivity contribution in [2.24, 2.45) is 5.92 Å². The molecule has 174 valence electrons. The molecular formula is C28H25N5O2. The van der Waals surface area contributed by atoms with Crippen LogP contribution in [0.3, 0.4) is 0 Å². The lowest BCUT2D eigenvalue weighted by molar-refractivity contribution is -0.143. The van der Waals surface area contributed by atoms with Gasteiger partial charge in [-0.3, -0.25) is 4.79 Å². The molecule has 1 aliphatic carbocycles. The van der Waals surface area contributed by atoms with Crippen LogP contribution in [0.4, 0.5) is 5.82 Å². The highest BCUT2D eigenvalue weighted by Gasteiger charge is 2.28. The Hall–Kier alpha value is -4.26. The zero-order valence-corrected chi connectivity index (χ0v) is 19.1. The van der Waals surface area contributed by atoms with Crippen molar-refractivity contribution in [1.29, 1.82) is 0 Å². The number of aromatic nitrogens is 4. The molecule has 35 heavy (non-hydrogen) atoms. The number of pyridine rings is 1. The summed E-state index contributed by atoms with van der Waals surface area (Å²) in [5, 5.41) is 11.3. The molecule has 2 aromatic carbocycles. The fourth-order valence-corrected chi connectivity index (χ4v) is 5.26. The Kier molecular flexibility index (Phi) is 5.17. The summed E-state index contributed by atoms with van der Waals surface area (Å²) in [5.41, 5.74) is 12.0. The first-order valence-corrected chi connectivity index (χ1v) is 11.9. The minimum absolute atomic E-state index is 0.180. The fraction of sp³-hybridized carbons (Fsp3) is 0.214. The number of hydrogen-bond donors (Lipinski definition) is 2. The summed E-state index contributed by atoms with van der Waals surface area (Å²) in [7, 11) is 0. The van der Waals surface area contributed by atoms with Crippen LogP contribution in [0.15, 0.2) is 73.2 Å². The molecule has 7 heteroatoms. The monoisotopic (exact) mass is 463 g/mol. The molecule has 0 amide bonds. The first kappa shape index (κ1) is 21.3. The van der Waals surface area contributed by atoms with Crippen molar-refractivity contribution >= 4 is 33.7 Å². The van der Waals surface area contributed by atoms with Gasteiger partial charge in [-0.05, 0) is 43.4 Å². The van der Waals surface area contributed by atoms with Gasteiger partial charge in [-0.15, -0.1) is 0 Å². The number of rotatable bonds is 4. The number of nitrogens with zero attached hydrogens (tertiary/aromatic N) is 4. The number of carboxylic acids is 1. The van der Waals surface area contributed by atoms with E-state index in [4.69, 9.17) is 10.7 Å². The molecule has 0 aliphatic heterocycles. The van der Waals surface area contributed by atoms with Gasteiger partial charge in [0.1, 0.15) is 17.8 Å². The standard InChI is InChI=1S/C28H25N5O2/c29-26-25-22(15-33(27(25)31-16-30-26)21-11-8-19(9-12-21)28(34)35)20-7-6-18-10-13-23(32-24(18)14-20)17-4-2-1-3-5-17/h1-7,10,13-16,19,21H,8-9,11-12H2,(H,34,35)(H2,29,30,31). The summed E-state index contributed by atoms with van der Waals surface area (Å²) < 4.78 is 2.17. The van der Waals surface area contributed by atoms with E-state index in [1.807, 2.05) is 24.3 Å². The summed E-state index contributed by atoms with van der Waals surface area (Å²) in [4.78, 5) is 25.2. The molecule has 3 N–H and O–H groups in total. The minimum Gasteiger partial charge on any atom is -0.481 e. The van der Waals surface area contributed by atoms with Crippen LogP contribution in [0.5, 0.6) is 0 Å². The Labute approximate surface area is 202 Å². The van der Waals surface area contributed by atoms with E-state index in [-0.39, 0.29) is 12.0 Å². The van der Waals surface area contributed by atoms with Crippen LogP contribution in [-0.4, -0.2) is 30.6 Å². The van der Waals surface area contributed by atoms with Gasteiger partial charge in [0.15, 0.2) is 0 Å². The zero-order valence-electron chi connectivity index (χ0n) is 19.1. The Morgan fingerprint density at radius 1 is 0.943 bits per heavy atom. The second kappa shape index (κ2) is 8.51. The van der Waals surface area contributed by atoms with Crippen LogP contribution in [0.25, 0.3) is 44.3 Å². The van der Waals surface area contributed by atoms with Gasteiger partial charge < -0.3 is 15.4 Å². The molecule has 7 nitrogen and oxygen atoms in total. The van der Waals surface area contributed by atoms with Crippen molar-refractivity contribution in [3.05, 3.63) is 73.2 Å². The minimum atomic E-state index is -0.702. The predicted molar refractivity (Wildman–Crippen MR) is 137 cm³/mol. The molecule has 0 atom stereocenters. The molecular weight excluding hydrogens is 438 g/mol. The van der Waals surface area contributed by atoms with E-state index in [0.717, 1.165) is 57.2 Å². The van der Waals surface area contributed by atoms with Crippen molar-refractivity contribution in [2.45, 2.75) is 31.7 Å². The van der Waals surface area contributed by atoms with Crippen LogP contribution < -0.4 is 5.73 Å². The van der Waals surface area contributed by atoms with Crippen molar-refractivity contribution in [1.82, 2.24) is 19.5 Å².